The van der Waals surface area contributed by atoms with Crippen LogP contribution in [-0.4, -0.2) is 28.5 Å². The second kappa shape index (κ2) is 7.53. The van der Waals surface area contributed by atoms with Crippen LogP contribution in [0.15, 0.2) is 18.2 Å². The molecule has 1 saturated carbocycles. The Bertz CT molecular complexity index is 680. The number of amides is 1. The summed E-state index contributed by atoms with van der Waals surface area (Å²) in [6.07, 6.45) is 6.41. The van der Waals surface area contributed by atoms with Gasteiger partial charge in [0.25, 0.3) is 0 Å². The van der Waals surface area contributed by atoms with Crippen LogP contribution >= 0.6 is 23.1 Å². The molecule has 1 fully saturated rings. The molecule has 1 heterocycles. The van der Waals surface area contributed by atoms with Crippen molar-refractivity contribution >= 4 is 44.4 Å². The minimum absolute atomic E-state index is 0.0420. The van der Waals surface area contributed by atoms with Crippen LogP contribution in [0.4, 0.5) is 5.13 Å². The molecule has 2 aromatic rings. The summed E-state index contributed by atoms with van der Waals surface area (Å²) < 4.78 is 6.24. The highest BCUT2D eigenvalue weighted by atomic mass is 32.2. The summed E-state index contributed by atoms with van der Waals surface area (Å²) in [4.78, 5) is 16.9. The van der Waals surface area contributed by atoms with E-state index < -0.39 is 0 Å². The average Bonchev–Trinajstić information content (AvgIpc) is 2.96. The first-order valence-electron chi connectivity index (χ1n) is 8.06. The van der Waals surface area contributed by atoms with Crippen molar-refractivity contribution in [2.75, 3.05) is 12.4 Å². The highest BCUT2D eigenvalue weighted by Gasteiger charge is 2.22. The second-order valence-corrected chi connectivity index (χ2v) is 8.56. The Labute approximate surface area is 145 Å². The molecule has 0 bridgehead atoms. The molecule has 124 valence electrons. The van der Waals surface area contributed by atoms with Crippen LogP contribution in [0.1, 0.15) is 39.0 Å². The number of anilines is 1. The zero-order valence-electron chi connectivity index (χ0n) is 13.5. The topological polar surface area (TPSA) is 51.2 Å². The number of aromatic nitrogens is 1. The van der Waals surface area contributed by atoms with Crippen LogP contribution < -0.4 is 10.1 Å². The van der Waals surface area contributed by atoms with Crippen molar-refractivity contribution in [1.29, 1.82) is 0 Å². The maximum Gasteiger partial charge on any atom is 0.238 e. The van der Waals surface area contributed by atoms with Gasteiger partial charge in [0.2, 0.25) is 5.91 Å². The predicted octanol–water partition coefficient (Wildman–Crippen LogP) is 4.70. The minimum Gasteiger partial charge on any atom is -0.497 e. The number of hydrogen-bond acceptors (Lipinski definition) is 5. The number of hydrogen-bond donors (Lipinski definition) is 1. The van der Waals surface area contributed by atoms with Crippen molar-refractivity contribution in [3.05, 3.63) is 18.2 Å². The number of fused-ring (bicyclic) bond motifs is 1. The third kappa shape index (κ3) is 4.18. The lowest BCUT2D eigenvalue weighted by molar-refractivity contribution is -0.115. The van der Waals surface area contributed by atoms with Gasteiger partial charge in [-0.1, -0.05) is 30.6 Å². The second-order valence-electron chi connectivity index (χ2n) is 5.88. The number of carbonyl (C=O) groups is 1. The van der Waals surface area contributed by atoms with Crippen LogP contribution in [0, 0.1) is 0 Å². The van der Waals surface area contributed by atoms with Crippen molar-refractivity contribution in [3.63, 3.8) is 0 Å². The molecular weight excluding hydrogens is 328 g/mol. The Morgan fingerprint density at radius 3 is 2.91 bits per heavy atom. The Morgan fingerprint density at radius 2 is 2.17 bits per heavy atom. The zero-order valence-corrected chi connectivity index (χ0v) is 15.1. The van der Waals surface area contributed by atoms with Crippen LogP contribution in [0.5, 0.6) is 5.75 Å². The van der Waals surface area contributed by atoms with Gasteiger partial charge in [-0.05, 0) is 38.0 Å². The molecule has 0 spiro atoms. The molecule has 0 aliphatic heterocycles. The number of rotatable bonds is 5. The molecule has 1 amide bonds. The van der Waals surface area contributed by atoms with Gasteiger partial charge in [0.15, 0.2) is 5.13 Å². The lowest BCUT2D eigenvalue weighted by atomic mass is 10.0. The number of thioether (sulfide) groups is 1. The monoisotopic (exact) mass is 350 g/mol. The first kappa shape index (κ1) is 16.6. The molecule has 1 atom stereocenters. The van der Waals surface area contributed by atoms with Gasteiger partial charge < -0.3 is 10.1 Å². The third-order valence-electron chi connectivity index (χ3n) is 4.14. The van der Waals surface area contributed by atoms with Gasteiger partial charge in [0.05, 0.1) is 22.6 Å². The largest absolute Gasteiger partial charge is 0.497 e. The van der Waals surface area contributed by atoms with Crippen LogP contribution in [0.3, 0.4) is 0 Å². The Balaban J connectivity index is 1.62. The normalized spacial score (nSPS) is 17.1. The van der Waals surface area contributed by atoms with Gasteiger partial charge in [-0.15, -0.1) is 11.8 Å². The fourth-order valence-electron chi connectivity index (χ4n) is 2.84. The van der Waals surface area contributed by atoms with Gasteiger partial charge in [0.1, 0.15) is 5.75 Å². The molecule has 1 aliphatic carbocycles. The molecule has 23 heavy (non-hydrogen) atoms. The summed E-state index contributed by atoms with van der Waals surface area (Å²) in [6, 6.07) is 5.75. The number of methoxy groups -OCH3 is 1. The maximum absolute atomic E-state index is 12.4. The predicted molar refractivity (Wildman–Crippen MR) is 98.7 cm³/mol. The molecule has 4 nitrogen and oxygen atoms in total. The molecule has 0 radical (unpaired) electrons. The molecule has 1 N–H and O–H groups in total. The zero-order chi connectivity index (χ0) is 16.2. The van der Waals surface area contributed by atoms with E-state index in [1.54, 1.807) is 18.9 Å². The summed E-state index contributed by atoms with van der Waals surface area (Å²) in [5, 5.41) is 4.21. The highest BCUT2D eigenvalue weighted by molar-refractivity contribution is 8.01. The van der Waals surface area contributed by atoms with E-state index in [-0.39, 0.29) is 11.2 Å². The van der Waals surface area contributed by atoms with E-state index in [1.165, 1.54) is 43.4 Å². The van der Waals surface area contributed by atoms with Crippen molar-refractivity contribution in [2.24, 2.45) is 0 Å². The van der Waals surface area contributed by atoms with E-state index in [4.69, 9.17) is 4.74 Å². The van der Waals surface area contributed by atoms with E-state index in [0.717, 1.165) is 16.0 Å². The number of nitrogens with zero attached hydrogens (tertiary/aromatic N) is 1. The minimum atomic E-state index is -0.0420. The quantitative estimate of drug-likeness (QED) is 0.849. The number of nitrogens with one attached hydrogen (secondary N) is 1. The standard InChI is InChI=1S/C17H22N2O2S2/c1-11(22-13-6-4-3-5-7-13)16(20)19-17-18-14-9-8-12(21-2)10-15(14)23-17/h8-11,13H,3-7H2,1-2H3,(H,18,19,20). The van der Waals surface area contributed by atoms with Gasteiger partial charge in [-0.3, -0.25) is 4.79 Å². The fourth-order valence-corrected chi connectivity index (χ4v) is 5.11. The molecule has 1 aliphatic rings. The van der Waals surface area contributed by atoms with Gasteiger partial charge in [0, 0.05) is 5.25 Å². The third-order valence-corrected chi connectivity index (χ3v) is 6.56. The van der Waals surface area contributed by atoms with E-state index in [9.17, 15) is 4.79 Å². The highest BCUT2D eigenvalue weighted by Crippen LogP contribution is 2.32. The summed E-state index contributed by atoms with van der Waals surface area (Å²) >= 11 is 3.29. The van der Waals surface area contributed by atoms with Gasteiger partial charge in [-0.25, -0.2) is 4.98 Å². The summed E-state index contributed by atoms with van der Waals surface area (Å²) in [6.45, 7) is 1.99. The molecule has 0 saturated heterocycles. The van der Waals surface area contributed by atoms with Crippen LogP contribution in [-0.2, 0) is 4.79 Å². The molecule has 3 rings (SSSR count). The van der Waals surface area contributed by atoms with E-state index in [1.807, 2.05) is 25.1 Å². The average molecular weight is 351 g/mol. The molecule has 6 heteroatoms. The molecule has 1 unspecified atom stereocenters. The van der Waals surface area contributed by atoms with Crippen molar-refractivity contribution < 1.29 is 9.53 Å². The summed E-state index contributed by atoms with van der Waals surface area (Å²) in [5.41, 5.74) is 0.888. The lowest BCUT2D eigenvalue weighted by Gasteiger charge is -2.23. The Hall–Kier alpha value is -1.27. The van der Waals surface area contributed by atoms with Crippen molar-refractivity contribution in [3.8, 4) is 5.75 Å². The van der Waals surface area contributed by atoms with Gasteiger partial charge >= 0.3 is 0 Å². The van der Waals surface area contributed by atoms with E-state index >= 15 is 0 Å². The number of thiazole rings is 1. The van der Waals surface area contributed by atoms with Gasteiger partial charge in [-0.2, -0.15) is 0 Å². The fraction of sp³-hybridized carbons (Fsp3) is 0.529. The summed E-state index contributed by atoms with van der Waals surface area (Å²) in [7, 11) is 1.65. The SMILES string of the molecule is COc1ccc2nc(NC(=O)C(C)SC3CCCCC3)sc2c1. The van der Waals surface area contributed by atoms with E-state index in [2.05, 4.69) is 10.3 Å². The molecule has 1 aromatic heterocycles. The Morgan fingerprint density at radius 1 is 1.39 bits per heavy atom. The first-order chi connectivity index (χ1) is 11.2. The maximum atomic E-state index is 12.4. The Kier molecular flexibility index (Phi) is 5.43. The molecule has 1 aromatic carbocycles. The number of carbonyl (C=O) groups excluding carboxylic acids is 1. The number of ether oxygens (including phenoxy) is 1. The lowest BCUT2D eigenvalue weighted by Crippen LogP contribution is -2.25. The first-order valence-corrected chi connectivity index (χ1v) is 9.82. The van der Waals surface area contributed by atoms with Crippen molar-refractivity contribution in [2.45, 2.75) is 49.5 Å². The van der Waals surface area contributed by atoms with Crippen molar-refractivity contribution in [1.82, 2.24) is 4.98 Å². The number of benzene rings is 1. The van der Waals surface area contributed by atoms with Crippen LogP contribution in [0.2, 0.25) is 0 Å². The van der Waals surface area contributed by atoms with E-state index in [0.29, 0.717) is 10.4 Å². The smallest absolute Gasteiger partial charge is 0.238 e. The summed E-state index contributed by atoms with van der Waals surface area (Å²) in [5.74, 6) is 0.854. The van der Waals surface area contributed by atoms with Crippen LogP contribution in [0.25, 0.3) is 10.2 Å². The molecular formula is C17H22N2O2S2.